The van der Waals surface area contributed by atoms with E-state index in [4.69, 9.17) is 33.5 Å². The molecular weight excluding hydrogens is 399 g/mol. The van der Waals surface area contributed by atoms with Crippen LogP contribution in [0.25, 0.3) is 10.4 Å². The van der Waals surface area contributed by atoms with Crippen molar-refractivity contribution in [3.8, 4) is 5.75 Å². The zero-order valence-corrected chi connectivity index (χ0v) is 16.9. The summed E-state index contributed by atoms with van der Waals surface area (Å²) in [6.07, 6.45) is 2.88. The Labute approximate surface area is 173 Å². The van der Waals surface area contributed by atoms with Crippen molar-refractivity contribution in [3.63, 3.8) is 0 Å². The first-order chi connectivity index (χ1) is 13.5. The quantitative estimate of drug-likeness (QED) is 0.297. The van der Waals surface area contributed by atoms with E-state index < -0.39 is 0 Å². The van der Waals surface area contributed by atoms with Gasteiger partial charge in [-0.25, -0.2) is 0 Å². The molecule has 6 nitrogen and oxygen atoms in total. The SMILES string of the molecule is CCC(=O)N(c1ccc(N=[N+]=[N-])cc1)C1CCCC1Oc1ccc(Cl)c(Cl)c1. The number of amides is 1. The number of halogens is 2. The molecule has 2 aromatic carbocycles. The molecule has 2 atom stereocenters. The number of benzene rings is 2. The van der Waals surface area contributed by atoms with Gasteiger partial charge in [0.25, 0.3) is 0 Å². The largest absolute Gasteiger partial charge is 0.488 e. The Hall–Kier alpha value is -2.40. The number of carbonyl (C=O) groups is 1. The van der Waals surface area contributed by atoms with Gasteiger partial charge in [-0.3, -0.25) is 4.79 Å². The smallest absolute Gasteiger partial charge is 0.227 e. The highest BCUT2D eigenvalue weighted by Gasteiger charge is 2.36. The zero-order chi connectivity index (χ0) is 20.1. The third-order valence-corrected chi connectivity index (χ3v) is 5.53. The van der Waals surface area contributed by atoms with Crippen LogP contribution in [0, 0.1) is 0 Å². The molecule has 0 heterocycles. The fourth-order valence-corrected chi connectivity index (χ4v) is 3.77. The Morgan fingerprint density at radius 2 is 1.96 bits per heavy atom. The highest BCUT2D eigenvalue weighted by atomic mass is 35.5. The van der Waals surface area contributed by atoms with Gasteiger partial charge in [-0.05, 0) is 49.1 Å². The van der Waals surface area contributed by atoms with E-state index in [2.05, 4.69) is 10.0 Å². The summed E-state index contributed by atoms with van der Waals surface area (Å²) in [6.45, 7) is 1.84. The van der Waals surface area contributed by atoms with Crippen molar-refractivity contribution in [2.45, 2.75) is 44.8 Å². The third kappa shape index (κ3) is 4.53. The summed E-state index contributed by atoms with van der Waals surface area (Å²) in [4.78, 5) is 17.3. The van der Waals surface area contributed by atoms with E-state index in [1.807, 2.05) is 6.92 Å². The van der Waals surface area contributed by atoms with Gasteiger partial charge in [0.15, 0.2) is 0 Å². The predicted molar refractivity (Wildman–Crippen MR) is 112 cm³/mol. The number of hydrogen-bond acceptors (Lipinski definition) is 3. The van der Waals surface area contributed by atoms with Crippen LogP contribution in [0.15, 0.2) is 47.6 Å². The molecule has 0 spiro atoms. The van der Waals surface area contributed by atoms with Gasteiger partial charge < -0.3 is 9.64 Å². The highest BCUT2D eigenvalue weighted by molar-refractivity contribution is 6.42. The number of carbonyl (C=O) groups excluding carboxylic acids is 1. The van der Waals surface area contributed by atoms with Crippen LogP contribution >= 0.6 is 23.2 Å². The second-order valence-electron chi connectivity index (χ2n) is 6.55. The Bertz CT molecular complexity index is 898. The number of anilines is 1. The highest BCUT2D eigenvalue weighted by Crippen LogP contribution is 2.34. The van der Waals surface area contributed by atoms with Gasteiger partial charge >= 0.3 is 0 Å². The predicted octanol–water partition coefficient (Wildman–Crippen LogP) is 6.68. The van der Waals surface area contributed by atoms with Crippen molar-refractivity contribution in [1.29, 1.82) is 0 Å². The Balaban J connectivity index is 1.86. The van der Waals surface area contributed by atoms with Gasteiger partial charge in [0.05, 0.1) is 16.1 Å². The Morgan fingerprint density at radius 3 is 2.61 bits per heavy atom. The summed E-state index contributed by atoms with van der Waals surface area (Å²) in [5.41, 5.74) is 9.84. The fourth-order valence-electron chi connectivity index (χ4n) is 3.49. The van der Waals surface area contributed by atoms with Crippen molar-refractivity contribution in [2.75, 3.05) is 4.90 Å². The number of nitrogens with zero attached hydrogens (tertiary/aromatic N) is 4. The molecule has 2 unspecified atom stereocenters. The van der Waals surface area contributed by atoms with Gasteiger partial charge in [0.2, 0.25) is 5.91 Å². The molecule has 1 saturated carbocycles. The van der Waals surface area contributed by atoms with Crippen molar-refractivity contribution in [3.05, 3.63) is 63.0 Å². The average molecular weight is 419 g/mol. The summed E-state index contributed by atoms with van der Waals surface area (Å²) in [5, 5.41) is 4.49. The van der Waals surface area contributed by atoms with Crippen molar-refractivity contribution < 1.29 is 9.53 Å². The maximum Gasteiger partial charge on any atom is 0.227 e. The lowest BCUT2D eigenvalue weighted by atomic mass is 10.1. The minimum Gasteiger partial charge on any atom is -0.488 e. The molecule has 0 aliphatic heterocycles. The topological polar surface area (TPSA) is 78.3 Å². The van der Waals surface area contributed by atoms with Gasteiger partial charge in [0.1, 0.15) is 11.9 Å². The van der Waals surface area contributed by atoms with Gasteiger partial charge in [-0.15, -0.1) is 0 Å². The van der Waals surface area contributed by atoms with Crippen molar-refractivity contribution in [1.82, 2.24) is 0 Å². The molecule has 0 bridgehead atoms. The van der Waals surface area contributed by atoms with E-state index in [0.29, 0.717) is 27.9 Å². The van der Waals surface area contributed by atoms with Gasteiger partial charge in [-0.2, -0.15) is 0 Å². The number of hydrogen-bond donors (Lipinski definition) is 0. The summed E-state index contributed by atoms with van der Waals surface area (Å²) in [5.74, 6) is 0.653. The molecule has 1 amide bonds. The molecule has 1 fully saturated rings. The van der Waals surface area contributed by atoms with E-state index in [-0.39, 0.29) is 18.1 Å². The van der Waals surface area contributed by atoms with Crippen molar-refractivity contribution in [2.24, 2.45) is 5.11 Å². The minimum atomic E-state index is -0.149. The Kier molecular flexibility index (Phi) is 6.68. The lowest BCUT2D eigenvalue weighted by Crippen LogP contribution is -2.46. The summed E-state index contributed by atoms with van der Waals surface area (Å²) < 4.78 is 6.18. The van der Waals surface area contributed by atoms with Gasteiger partial charge in [0, 0.05) is 28.8 Å². The maximum atomic E-state index is 12.8. The van der Waals surface area contributed by atoms with Crippen LogP contribution in [0.2, 0.25) is 10.0 Å². The lowest BCUT2D eigenvalue weighted by Gasteiger charge is -2.33. The second-order valence-corrected chi connectivity index (χ2v) is 7.37. The normalized spacial score (nSPS) is 18.4. The van der Waals surface area contributed by atoms with Crippen LogP contribution < -0.4 is 9.64 Å². The molecule has 146 valence electrons. The zero-order valence-electron chi connectivity index (χ0n) is 15.4. The molecule has 3 rings (SSSR count). The van der Waals surface area contributed by atoms with Gasteiger partial charge in [-0.1, -0.05) is 47.4 Å². The van der Waals surface area contributed by atoms with Crippen LogP contribution in [-0.4, -0.2) is 18.1 Å². The number of azide groups is 1. The summed E-state index contributed by atoms with van der Waals surface area (Å²) in [7, 11) is 0. The molecule has 0 saturated heterocycles. The van der Waals surface area contributed by atoms with E-state index in [9.17, 15) is 4.79 Å². The first-order valence-corrected chi connectivity index (χ1v) is 9.88. The van der Waals surface area contributed by atoms with Crippen LogP contribution in [0.5, 0.6) is 5.75 Å². The molecule has 8 heteroatoms. The monoisotopic (exact) mass is 418 g/mol. The van der Waals surface area contributed by atoms with E-state index in [0.717, 1.165) is 24.9 Å². The standard InChI is InChI=1S/C20H20Cl2N4O2/c1-2-20(27)26(14-8-6-13(7-9-14)24-25-23)18-4-3-5-19(18)28-15-10-11-16(21)17(22)12-15/h6-12,18-19H,2-5H2,1H3. The fraction of sp³-hybridized carbons (Fsp3) is 0.350. The van der Waals surface area contributed by atoms with E-state index >= 15 is 0 Å². The molecular formula is C20H20Cl2N4O2. The Morgan fingerprint density at radius 1 is 1.21 bits per heavy atom. The molecule has 28 heavy (non-hydrogen) atoms. The number of rotatable bonds is 6. The minimum absolute atomic E-state index is 0.0196. The maximum absolute atomic E-state index is 12.8. The van der Waals surface area contributed by atoms with Crippen LogP contribution in [0.1, 0.15) is 32.6 Å². The van der Waals surface area contributed by atoms with Crippen LogP contribution in [0.4, 0.5) is 11.4 Å². The molecule has 0 aromatic heterocycles. The molecule has 1 aliphatic carbocycles. The lowest BCUT2D eigenvalue weighted by molar-refractivity contribution is -0.119. The molecule has 2 aromatic rings. The number of ether oxygens (including phenoxy) is 1. The average Bonchev–Trinajstić information content (AvgIpc) is 3.14. The first kappa shape index (κ1) is 20.3. The van der Waals surface area contributed by atoms with E-state index in [1.54, 1.807) is 47.4 Å². The molecule has 0 N–H and O–H groups in total. The summed E-state index contributed by atoms with van der Waals surface area (Å²) >= 11 is 12.1. The molecule has 0 radical (unpaired) electrons. The van der Waals surface area contributed by atoms with Crippen LogP contribution in [-0.2, 0) is 4.79 Å². The first-order valence-electron chi connectivity index (χ1n) is 9.12. The second kappa shape index (κ2) is 9.20. The molecule has 1 aliphatic rings. The summed E-state index contributed by atoms with van der Waals surface area (Å²) in [6, 6.07) is 12.1. The third-order valence-electron chi connectivity index (χ3n) is 4.79. The van der Waals surface area contributed by atoms with Crippen LogP contribution in [0.3, 0.4) is 0 Å². The van der Waals surface area contributed by atoms with E-state index in [1.165, 1.54) is 0 Å². The van der Waals surface area contributed by atoms with Crippen molar-refractivity contribution >= 4 is 40.5 Å².